The first-order chi connectivity index (χ1) is 23.3. The van der Waals surface area contributed by atoms with Crippen LogP contribution in [0, 0.1) is 0 Å². The van der Waals surface area contributed by atoms with Gasteiger partial charge in [0.15, 0.2) is 0 Å². The summed E-state index contributed by atoms with van der Waals surface area (Å²) in [6.45, 7) is 0. The SMILES string of the molecule is c1ccc(N(c2ccccc2)c2ccc(-c3cc4cc5sc6ccccc6c5cc4c4cc5sc6ccccc6c5cc34)cc2)cc1. The Bertz CT molecular complexity index is 2740. The summed E-state index contributed by atoms with van der Waals surface area (Å²) in [5, 5.41) is 10.5. The number of anilines is 3. The highest BCUT2D eigenvalue weighted by atomic mass is 32.1. The molecule has 0 amide bonds. The van der Waals surface area contributed by atoms with E-state index in [-0.39, 0.29) is 0 Å². The first-order valence-electron chi connectivity index (χ1n) is 15.9. The molecule has 0 bridgehead atoms. The zero-order valence-corrected chi connectivity index (χ0v) is 27.0. The van der Waals surface area contributed by atoms with Crippen LogP contribution in [0.15, 0.2) is 164 Å². The van der Waals surface area contributed by atoms with Crippen LogP contribution in [0.25, 0.3) is 73.0 Å². The average molecular weight is 634 g/mol. The summed E-state index contributed by atoms with van der Waals surface area (Å²) in [4.78, 5) is 2.32. The minimum atomic E-state index is 1.13. The Balaban J connectivity index is 1.22. The lowest BCUT2D eigenvalue weighted by atomic mass is 9.91. The van der Waals surface area contributed by atoms with Crippen molar-refractivity contribution >= 4 is 102 Å². The molecule has 47 heavy (non-hydrogen) atoms. The highest BCUT2D eigenvalue weighted by molar-refractivity contribution is 7.26. The highest BCUT2D eigenvalue weighted by Gasteiger charge is 2.17. The molecule has 0 radical (unpaired) electrons. The van der Waals surface area contributed by atoms with E-state index in [4.69, 9.17) is 0 Å². The van der Waals surface area contributed by atoms with Gasteiger partial charge >= 0.3 is 0 Å². The third kappa shape index (κ3) is 4.28. The Morgan fingerprint density at radius 1 is 0.319 bits per heavy atom. The number of nitrogens with zero attached hydrogens (tertiary/aromatic N) is 1. The summed E-state index contributed by atoms with van der Waals surface area (Å²) >= 11 is 3.78. The van der Waals surface area contributed by atoms with Crippen molar-refractivity contribution in [3.05, 3.63) is 164 Å². The Morgan fingerprint density at radius 3 is 1.45 bits per heavy atom. The lowest BCUT2D eigenvalue weighted by molar-refractivity contribution is 1.28. The van der Waals surface area contributed by atoms with Gasteiger partial charge in [-0.25, -0.2) is 0 Å². The molecule has 1 nitrogen and oxygen atoms in total. The molecule has 0 spiro atoms. The predicted molar refractivity (Wildman–Crippen MR) is 207 cm³/mol. The molecule has 8 aromatic carbocycles. The molecule has 0 aliphatic heterocycles. The van der Waals surface area contributed by atoms with Crippen molar-refractivity contribution in [2.75, 3.05) is 4.90 Å². The fraction of sp³-hybridized carbons (Fsp3) is 0. The van der Waals surface area contributed by atoms with Gasteiger partial charge in [0.25, 0.3) is 0 Å². The van der Waals surface area contributed by atoms with Crippen LogP contribution in [0.4, 0.5) is 17.1 Å². The molecule has 0 aliphatic rings. The second-order valence-corrected chi connectivity index (χ2v) is 14.3. The second-order valence-electron chi connectivity index (χ2n) is 12.1. The largest absolute Gasteiger partial charge is 0.311 e. The molecule has 0 unspecified atom stereocenters. The van der Waals surface area contributed by atoms with Gasteiger partial charge in [-0.3, -0.25) is 0 Å². The number of fused-ring (bicyclic) bond motifs is 9. The van der Waals surface area contributed by atoms with E-state index in [1.165, 1.54) is 73.0 Å². The van der Waals surface area contributed by atoms with Gasteiger partial charge in [-0.15, -0.1) is 22.7 Å². The summed E-state index contributed by atoms with van der Waals surface area (Å²) in [6, 6.07) is 60.1. The molecule has 0 saturated carbocycles. The number of benzene rings is 8. The Morgan fingerprint density at radius 2 is 0.830 bits per heavy atom. The number of para-hydroxylation sites is 2. The maximum absolute atomic E-state index is 2.45. The molecule has 0 aliphatic carbocycles. The van der Waals surface area contributed by atoms with E-state index in [2.05, 4.69) is 169 Å². The Hall–Kier alpha value is -5.48. The van der Waals surface area contributed by atoms with Gasteiger partial charge in [-0.05, 0) is 112 Å². The third-order valence-corrected chi connectivity index (χ3v) is 11.7. The number of hydrogen-bond donors (Lipinski definition) is 0. The highest BCUT2D eigenvalue weighted by Crippen LogP contribution is 2.45. The zero-order chi connectivity index (χ0) is 30.9. The van der Waals surface area contributed by atoms with Crippen LogP contribution in [-0.2, 0) is 0 Å². The number of thiophene rings is 2. The summed E-state index contributed by atoms with van der Waals surface area (Å²) < 4.78 is 5.35. The molecule has 0 saturated heterocycles. The van der Waals surface area contributed by atoms with Crippen molar-refractivity contribution in [2.45, 2.75) is 0 Å². The third-order valence-electron chi connectivity index (χ3n) is 9.41. The van der Waals surface area contributed by atoms with E-state index in [0.717, 1.165) is 17.1 Å². The van der Waals surface area contributed by atoms with Gasteiger partial charge in [0, 0.05) is 57.4 Å². The van der Waals surface area contributed by atoms with Crippen LogP contribution in [0.3, 0.4) is 0 Å². The molecule has 10 rings (SSSR count). The zero-order valence-electron chi connectivity index (χ0n) is 25.4. The molecule has 2 aromatic heterocycles. The molecule has 0 fully saturated rings. The predicted octanol–water partition coefficient (Wildman–Crippen LogP) is 13.9. The van der Waals surface area contributed by atoms with Crippen LogP contribution in [0.1, 0.15) is 0 Å². The smallest absolute Gasteiger partial charge is 0.0462 e. The van der Waals surface area contributed by atoms with Gasteiger partial charge in [0.2, 0.25) is 0 Å². The van der Waals surface area contributed by atoms with E-state index in [9.17, 15) is 0 Å². The summed E-state index contributed by atoms with van der Waals surface area (Å²) in [5.74, 6) is 0. The van der Waals surface area contributed by atoms with Crippen molar-refractivity contribution in [2.24, 2.45) is 0 Å². The van der Waals surface area contributed by atoms with Gasteiger partial charge in [0.05, 0.1) is 0 Å². The van der Waals surface area contributed by atoms with Crippen LogP contribution in [-0.4, -0.2) is 0 Å². The standard InChI is InChI=1S/C44H27NS2/c1-3-11-30(12-4-1)45(31-13-5-2-6-14-31)32-21-19-28(20-22-32)35-23-29-24-43-39(33-15-7-9-17-41(33)46-43)25-36(29)38-27-44-40(26-37(35)38)34-16-8-10-18-42(34)47-44/h1-27H. The molecule has 2 heterocycles. The fourth-order valence-electron chi connectivity index (χ4n) is 7.22. The Labute approximate surface area is 280 Å². The average Bonchev–Trinajstić information content (AvgIpc) is 3.68. The van der Waals surface area contributed by atoms with Crippen LogP contribution in [0.5, 0.6) is 0 Å². The van der Waals surface area contributed by atoms with Gasteiger partial charge in [0.1, 0.15) is 0 Å². The van der Waals surface area contributed by atoms with Crippen molar-refractivity contribution in [3.63, 3.8) is 0 Å². The summed E-state index contributed by atoms with van der Waals surface area (Å²) in [6.07, 6.45) is 0. The van der Waals surface area contributed by atoms with E-state index in [1.54, 1.807) is 0 Å². The van der Waals surface area contributed by atoms with Crippen molar-refractivity contribution in [1.82, 2.24) is 0 Å². The molecule has 3 heteroatoms. The van der Waals surface area contributed by atoms with Gasteiger partial charge in [-0.2, -0.15) is 0 Å². The van der Waals surface area contributed by atoms with Crippen molar-refractivity contribution < 1.29 is 0 Å². The van der Waals surface area contributed by atoms with Crippen LogP contribution >= 0.6 is 22.7 Å². The minimum Gasteiger partial charge on any atom is -0.311 e. The number of hydrogen-bond acceptors (Lipinski definition) is 3. The molecule has 0 N–H and O–H groups in total. The van der Waals surface area contributed by atoms with Crippen molar-refractivity contribution in [1.29, 1.82) is 0 Å². The van der Waals surface area contributed by atoms with Crippen LogP contribution in [0.2, 0.25) is 0 Å². The van der Waals surface area contributed by atoms with Crippen LogP contribution < -0.4 is 4.90 Å². The molecule has 10 aromatic rings. The topological polar surface area (TPSA) is 3.24 Å². The fourth-order valence-corrected chi connectivity index (χ4v) is 9.48. The maximum atomic E-state index is 2.45. The summed E-state index contributed by atoms with van der Waals surface area (Å²) in [7, 11) is 0. The Kier molecular flexibility index (Phi) is 5.98. The monoisotopic (exact) mass is 633 g/mol. The van der Waals surface area contributed by atoms with Gasteiger partial charge in [-0.1, -0.05) is 84.9 Å². The van der Waals surface area contributed by atoms with E-state index in [1.807, 2.05) is 22.7 Å². The quantitative estimate of drug-likeness (QED) is 0.174. The van der Waals surface area contributed by atoms with Gasteiger partial charge < -0.3 is 4.90 Å². The first kappa shape index (κ1) is 26.7. The normalized spacial score (nSPS) is 11.8. The molecule has 220 valence electrons. The minimum absolute atomic E-state index is 1.13. The summed E-state index contributed by atoms with van der Waals surface area (Å²) in [5.41, 5.74) is 5.90. The van der Waals surface area contributed by atoms with E-state index >= 15 is 0 Å². The second kappa shape index (κ2) is 10.5. The molecular formula is C44H27NS2. The lowest BCUT2D eigenvalue weighted by Gasteiger charge is -2.25. The first-order valence-corrected chi connectivity index (χ1v) is 17.6. The van der Waals surface area contributed by atoms with E-state index < -0.39 is 0 Å². The molecular weight excluding hydrogens is 607 g/mol. The maximum Gasteiger partial charge on any atom is 0.0462 e. The van der Waals surface area contributed by atoms with Crippen molar-refractivity contribution in [3.8, 4) is 11.1 Å². The lowest BCUT2D eigenvalue weighted by Crippen LogP contribution is -2.09. The number of rotatable bonds is 4. The molecule has 0 atom stereocenters. The van der Waals surface area contributed by atoms with E-state index in [0.29, 0.717) is 0 Å².